The Labute approximate surface area is 204 Å². The maximum atomic E-state index is 13.5. The number of ether oxygens (including phenoxy) is 2. The molecule has 1 amide bonds. The Hall–Kier alpha value is -3.62. The smallest absolute Gasteiger partial charge is 0.329 e. The number of hydrogen-bond donors (Lipinski definition) is 2. The predicted molar refractivity (Wildman–Crippen MR) is 136 cm³/mol. The number of aromatic nitrogens is 3. The summed E-state index contributed by atoms with van der Waals surface area (Å²) in [6.07, 6.45) is 1.55. The Bertz CT molecular complexity index is 1330. The topological polar surface area (TPSA) is 115 Å². The van der Waals surface area contributed by atoms with Crippen molar-refractivity contribution < 1.29 is 14.3 Å². The van der Waals surface area contributed by atoms with Crippen LogP contribution >= 0.6 is 0 Å². The third-order valence-electron chi connectivity index (χ3n) is 5.75. The number of nitrogens with zero attached hydrogens (tertiary/aromatic N) is 2. The highest BCUT2D eigenvalue weighted by Crippen LogP contribution is 2.31. The van der Waals surface area contributed by atoms with Crippen LogP contribution < -0.4 is 26.0 Å². The van der Waals surface area contributed by atoms with E-state index in [9.17, 15) is 14.4 Å². The molecule has 0 fully saturated rings. The molecule has 0 bridgehead atoms. The first-order valence-corrected chi connectivity index (χ1v) is 12.0. The summed E-state index contributed by atoms with van der Waals surface area (Å²) in [7, 11) is 1.57. The molecule has 3 rings (SSSR count). The van der Waals surface area contributed by atoms with E-state index >= 15 is 0 Å². The van der Waals surface area contributed by atoms with E-state index in [0.717, 1.165) is 12.0 Å². The van der Waals surface area contributed by atoms with E-state index in [2.05, 4.69) is 15.3 Å². The predicted octanol–water partition coefficient (Wildman–Crippen LogP) is 3.91. The molecule has 0 spiro atoms. The summed E-state index contributed by atoms with van der Waals surface area (Å²) in [4.78, 5) is 45.6. The van der Waals surface area contributed by atoms with E-state index in [1.807, 2.05) is 52.8 Å². The van der Waals surface area contributed by atoms with Crippen LogP contribution in [-0.2, 0) is 6.54 Å². The van der Waals surface area contributed by atoms with Gasteiger partial charge in [0.2, 0.25) is 0 Å². The summed E-state index contributed by atoms with van der Waals surface area (Å²) in [6.45, 7) is 10.7. The average Bonchev–Trinajstić information content (AvgIpc) is 2.84. The van der Waals surface area contributed by atoms with Gasteiger partial charge in [0.15, 0.2) is 17.1 Å². The van der Waals surface area contributed by atoms with Crippen LogP contribution in [0.4, 0.5) is 0 Å². The molecule has 0 aliphatic rings. The standard InChI is InChI=1S/C26H34N4O5/c1-7-11-30-23-22(25(32)29-26(30)33)18(14-19(28-23)15(3)4)24(31)27-16(5)17-9-10-20(35-12-8-2)21(13-17)34-6/h9-10,13-16H,7-8,11-12H2,1-6H3,(H,27,31)(H,29,32,33). The SMILES string of the molecule is CCCOc1ccc(C(C)NC(=O)c2cc(C(C)C)nc3c2c(=O)[nH]c(=O)n3CCC)cc1OC. The number of benzene rings is 1. The van der Waals surface area contributed by atoms with Gasteiger partial charge in [-0.15, -0.1) is 0 Å². The van der Waals surface area contributed by atoms with Gasteiger partial charge in [0, 0.05) is 12.2 Å². The summed E-state index contributed by atoms with van der Waals surface area (Å²) >= 11 is 0. The number of aryl methyl sites for hydroxylation is 1. The number of methoxy groups -OCH3 is 1. The van der Waals surface area contributed by atoms with Gasteiger partial charge in [-0.3, -0.25) is 19.1 Å². The molecule has 188 valence electrons. The fraction of sp³-hybridized carbons (Fsp3) is 0.462. The number of carbonyl (C=O) groups excluding carboxylic acids is 1. The largest absolute Gasteiger partial charge is 0.493 e. The lowest BCUT2D eigenvalue weighted by molar-refractivity contribution is 0.0941. The lowest BCUT2D eigenvalue weighted by atomic mass is 10.0. The van der Waals surface area contributed by atoms with Crippen molar-refractivity contribution in [2.75, 3.05) is 13.7 Å². The zero-order valence-electron chi connectivity index (χ0n) is 21.2. The van der Waals surface area contributed by atoms with Gasteiger partial charge in [-0.25, -0.2) is 9.78 Å². The first kappa shape index (κ1) is 26.0. The first-order valence-electron chi connectivity index (χ1n) is 12.0. The van der Waals surface area contributed by atoms with Crippen LogP contribution in [0.2, 0.25) is 0 Å². The van der Waals surface area contributed by atoms with Gasteiger partial charge in [0.25, 0.3) is 11.5 Å². The third kappa shape index (κ3) is 5.55. The Balaban J connectivity index is 2.04. The van der Waals surface area contributed by atoms with Gasteiger partial charge in [-0.2, -0.15) is 0 Å². The van der Waals surface area contributed by atoms with E-state index in [4.69, 9.17) is 9.47 Å². The number of hydrogen-bond acceptors (Lipinski definition) is 6. The second kappa shape index (κ2) is 11.2. The number of rotatable bonds is 10. The Kier molecular flexibility index (Phi) is 8.32. The fourth-order valence-electron chi connectivity index (χ4n) is 3.84. The second-order valence-electron chi connectivity index (χ2n) is 8.81. The molecular weight excluding hydrogens is 448 g/mol. The lowest BCUT2D eigenvalue weighted by Crippen LogP contribution is -2.34. The van der Waals surface area contributed by atoms with Crippen LogP contribution in [0.3, 0.4) is 0 Å². The molecule has 3 aromatic rings. The summed E-state index contributed by atoms with van der Waals surface area (Å²) in [6, 6.07) is 6.76. The van der Waals surface area contributed by atoms with Crippen molar-refractivity contribution in [3.8, 4) is 11.5 Å². The number of nitrogens with one attached hydrogen (secondary N) is 2. The van der Waals surface area contributed by atoms with E-state index in [0.29, 0.717) is 36.8 Å². The zero-order valence-corrected chi connectivity index (χ0v) is 21.2. The first-order chi connectivity index (χ1) is 16.7. The number of fused-ring (bicyclic) bond motifs is 1. The van der Waals surface area contributed by atoms with Crippen LogP contribution in [0, 0.1) is 0 Å². The van der Waals surface area contributed by atoms with Crippen LogP contribution in [-0.4, -0.2) is 34.2 Å². The molecular formula is C26H34N4O5. The van der Waals surface area contributed by atoms with Crippen molar-refractivity contribution in [3.63, 3.8) is 0 Å². The minimum Gasteiger partial charge on any atom is -0.493 e. The van der Waals surface area contributed by atoms with Crippen molar-refractivity contribution in [3.05, 3.63) is 61.9 Å². The van der Waals surface area contributed by atoms with Gasteiger partial charge < -0.3 is 14.8 Å². The summed E-state index contributed by atoms with van der Waals surface area (Å²) in [5.74, 6) is 0.782. The Morgan fingerprint density at radius 1 is 1.11 bits per heavy atom. The highest BCUT2D eigenvalue weighted by atomic mass is 16.5. The summed E-state index contributed by atoms with van der Waals surface area (Å²) in [5.41, 5.74) is 0.699. The third-order valence-corrected chi connectivity index (χ3v) is 5.75. The number of amides is 1. The molecule has 9 nitrogen and oxygen atoms in total. The molecule has 2 heterocycles. The molecule has 1 aromatic carbocycles. The van der Waals surface area contributed by atoms with Crippen molar-refractivity contribution >= 4 is 16.9 Å². The maximum Gasteiger partial charge on any atom is 0.329 e. The van der Waals surface area contributed by atoms with E-state index in [-0.39, 0.29) is 28.6 Å². The second-order valence-corrected chi connectivity index (χ2v) is 8.81. The highest BCUT2D eigenvalue weighted by molar-refractivity contribution is 6.05. The van der Waals surface area contributed by atoms with Gasteiger partial charge in [0.05, 0.1) is 30.7 Å². The minimum atomic E-state index is -0.628. The highest BCUT2D eigenvalue weighted by Gasteiger charge is 2.22. The minimum absolute atomic E-state index is 0.00670. The van der Waals surface area contributed by atoms with E-state index in [1.165, 1.54) is 4.57 Å². The van der Waals surface area contributed by atoms with E-state index in [1.54, 1.807) is 13.2 Å². The van der Waals surface area contributed by atoms with Crippen molar-refractivity contribution in [1.82, 2.24) is 19.9 Å². The molecule has 0 radical (unpaired) electrons. The van der Waals surface area contributed by atoms with Crippen LogP contribution in [0.5, 0.6) is 11.5 Å². The van der Waals surface area contributed by atoms with Crippen LogP contribution in [0.1, 0.15) is 81.0 Å². The monoisotopic (exact) mass is 482 g/mol. The van der Waals surface area contributed by atoms with E-state index < -0.39 is 17.2 Å². The van der Waals surface area contributed by atoms with Crippen molar-refractivity contribution in [1.29, 1.82) is 0 Å². The maximum absolute atomic E-state index is 13.5. The molecule has 0 saturated carbocycles. The number of aromatic amines is 1. The normalized spacial score (nSPS) is 12.1. The molecule has 2 N–H and O–H groups in total. The molecule has 0 aliphatic carbocycles. The lowest BCUT2D eigenvalue weighted by Gasteiger charge is -2.19. The van der Waals surface area contributed by atoms with Gasteiger partial charge in [0.1, 0.15) is 0 Å². The molecule has 1 atom stereocenters. The van der Waals surface area contributed by atoms with Gasteiger partial charge in [-0.05, 0) is 49.4 Å². The molecule has 9 heteroatoms. The van der Waals surface area contributed by atoms with Crippen LogP contribution in [0.15, 0.2) is 33.9 Å². The van der Waals surface area contributed by atoms with Gasteiger partial charge in [-0.1, -0.05) is 33.8 Å². The number of carbonyl (C=O) groups is 1. The quantitative estimate of drug-likeness (QED) is 0.453. The fourth-order valence-corrected chi connectivity index (χ4v) is 3.84. The van der Waals surface area contributed by atoms with Crippen molar-refractivity contribution in [2.45, 2.75) is 66.0 Å². The zero-order chi connectivity index (χ0) is 25.7. The average molecular weight is 483 g/mol. The molecule has 35 heavy (non-hydrogen) atoms. The van der Waals surface area contributed by atoms with Gasteiger partial charge >= 0.3 is 5.69 Å². The summed E-state index contributed by atoms with van der Waals surface area (Å²) in [5, 5.41) is 3.08. The van der Waals surface area contributed by atoms with Crippen LogP contribution in [0.25, 0.3) is 11.0 Å². The summed E-state index contributed by atoms with van der Waals surface area (Å²) < 4.78 is 12.6. The van der Waals surface area contributed by atoms with Crippen molar-refractivity contribution in [2.24, 2.45) is 0 Å². The number of H-pyrrole nitrogens is 1. The molecule has 1 unspecified atom stereocenters. The Morgan fingerprint density at radius 2 is 1.86 bits per heavy atom. The molecule has 0 aliphatic heterocycles. The molecule has 2 aromatic heterocycles. The number of pyridine rings is 1. The Morgan fingerprint density at radius 3 is 2.49 bits per heavy atom. The molecule has 0 saturated heterocycles.